The van der Waals surface area contributed by atoms with E-state index in [-0.39, 0.29) is 6.61 Å². The molecule has 1 aliphatic heterocycles. The molecule has 0 saturated heterocycles. The summed E-state index contributed by atoms with van der Waals surface area (Å²) in [5.74, 6) is 1.03. The smallest absolute Gasteiger partial charge is 0.123 e. The quantitative estimate of drug-likeness (QED) is 0.740. The summed E-state index contributed by atoms with van der Waals surface area (Å²) in [6.07, 6.45) is 2.14. The molecule has 0 aromatic heterocycles. The molecule has 1 aliphatic rings. The Morgan fingerprint density at radius 2 is 2.38 bits per heavy atom. The first-order valence-electron chi connectivity index (χ1n) is 5.89. The normalized spacial score (nSPS) is 18.2. The van der Waals surface area contributed by atoms with Crippen molar-refractivity contribution in [3.05, 3.63) is 29.3 Å². The summed E-state index contributed by atoms with van der Waals surface area (Å²) < 4.78 is 5.65. The van der Waals surface area contributed by atoms with Crippen LogP contribution in [-0.2, 0) is 13.0 Å². The van der Waals surface area contributed by atoms with Crippen LogP contribution in [0.4, 0.5) is 0 Å². The van der Waals surface area contributed by atoms with Gasteiger partial charge in [0.05, 0.1) is 0 Å². The average molecular weight is 221 g/mol. The molecule has 0 spiro atoms. The minimum Gasteiger partial charge on any atom is -0.490 e. The summed E-state index contributed by atoms with van der Waals surface area (Å²) in [4.78, 5) is 0. The van der Waals surface area contributed by atoms with E-state index in [0.29, 0.717) is 6.10 Å². The van der Waals surface area contributed by atoms with Gasteiger partial charge in [0.1, 0.15) is 11.9 Å². The Labute approximate surface area is 96.4 Å². The fourth-order valence-corrected chi connectivity index (χ4v) is 2.02. The number of aliphatic hydroxyl groups is 1. The van der Waals surface area contributed by atoms with Crippen molar-refractivity contribution >= 4 is 0 Å². The fourth-order valence-electron chi connectivity index (χ4n) is 2.02. The average Bonchev–Trinajstić information content (AvgIpc) is 2.64. The number of hydrogen-bond donors (Lipinski definition) is 2. The Bertz CT molecular complexity index is 352. The van der Waals surface area contributed by atoms with E-state index in [0.717, 1.165) is 31.7 Å². The van der Waals surface area contributed by atoms with Gasteiger partial charge < -0.3 is 15.2 Å². The summed E-state index contributed by atoms with van der Waals surface area (Å²) in [5.41, 5.74) is 2.60. The van der Waals surface area contributed by atoms with Gasteiger partial charge in [0.25, 0.3) is 0 Å². The highest BCUT2D eigenvalue weighted by Gasteiger charge is 2.18. The summed E-state index contributed by atoms with van der Waals surface area (Å²) in [6.45, 7) is 4.07. The number of fused-ring (bicyclic) bond motifs is 1. The number of benzene rings is 1. The lowest BCUT2D eigenvalue weighted by Gasteiger charge is -2.05. The zero-order valence-corrected chi connectivity index (χ0v) is 9.70. The van der Waals surface area contributed by atoms with Gasteiger partial charge >= 0.3 is 0 Å². The molecule has 0 aliphatic carbocycles. The molecule has 0 saturated carbocycles. The van der Waals surface area contributed by atoms with Crippen molar-refractivity contribution in [2.24, 2.45) is 0 Å². The molecule has 3 nitrogen and oxygen atoms in total. The zero-order chi connectivity index (χ0) is 11.4. The molecule has 0 amide bonds. The second-order valence-corrected chi connectivity index (χ2v) is 4.33. The number of rotatable bonds is 5. The van der Waals surface area contributed by atoms with Crippen LogP contribution in [0.5, 0.6) is 5.75 Å². The van der Waals surface area contributed by atoms with E-state index in [1.807, 2.05) is 0 Å². The first kappa shape index (κ1) is 11.4. The first-order valence-corrected chi connectivity index (χ1v) is 5.89. The highest BCUT2D eigenvalue weighted by Crippen LogP contribution is 2.29. The summed E-state index contributed by atoms with van der Waals surface area (Å²) in [5, 5.41) is 12.0. The molecule has 2 rings (SSSR count). The van der Waals surface area contributed by atoms with Crippen LogP contribution in [0.1, 0.15) is 24.5 Å². The van der Waals surface area contributed by atoms with Gasteiger partial charge in [-0.2, -0.15) is 0 Å². The van der Waals surface area contributed by atoms with Crippen LogP contribution in [-0.4, -0.2) is 24.4 Å². The van der Waals surface area contributed by atoms with Gasteiger partial charge in [0, 0.05) is 19.6 Å². The predicted octanol–water partition coefficient (Wildman–Crippen LogP) is 1.48. The monoisotopic (exact) mass is 221 g/mol. The predicted molar refractivity (Wildman–Crippen MR) is 63.6 cm³/mol. The minimum atomic E-state index is 0.253. The summed E-state index contributed by atoms with van der Waals surface area (Å²) in [6, 6.07) is 6.37. The van der Waals surface area contributed by atoms with Crippen LogP contribution in [0.25, 0.3) is 0 Å². The van der Waals surface area contributed by atoms with Gasteiger partial charge in [0.15, 0.2) is 0 Å². The zero-order valence-electron chi connectivity index (χ0n) is 9.70. The lowest BCUT2D eigenvalue weighted by atomic mass is 10.1. The number of ether oxygens (including phenoxy) is 1. The van der Waals surface area contributed by atoms with Crippen LogP contribution >= 0.6 is 0 Å². The Morgan fingerprint density at radius 1 is 1.50 bits per heavy atom. The molecule has 1 atom stereocenters. The summed E-state index contributed by atoms with van der Waals surface area (Å²) in [7, 11) is 0. The highest BCUT2D eigenvalue weighted by atomic mass is 16.5. The van der Waals surface area contributed by atoms with Crippen molar-refractivity contribution in [3.63, 3.8) is 0 Å². The maximum absolute atomic E-state index is 8.66. The molecule has 1 aromatic carbocycles. The molecule has 0 bridgehead atoms. The van der Waals surface area contributed by atoms with Crippen molar-refractivity contribution in [1.82, 2.24) is 5.32 Å². The maximum atomic E-state index is 8.66. The minimum absolute atomic E-state index is 0.253. The lowest BCUT2D eigenvalue weighted by molar-refractivity contribution is 0.254. The first-order chi connectivity index (χ1) is 7.79. The summed E-state index contributed by atoms with van der Waals surface area (Å²) >= 11 is 0. The number of aliphatic hydroxyl groups excluding tert-OH is 1. The molecule has 16 heavy (non-hydrogen) atoms. The SMILES string of the molecule is CC1Cc2cc(CNCCCO)ccc2O1. The van der Waals surface area contributed by atoms with Crippen LogP contribution in [0.15, 0.2) is 18.2 Å². The second kappa shape index (κ2) is 5.32. The van der Waals surface area contributed by atoms with E-state index in [4.69, 9.17) is 9.84 Å². The largest absolute Gasteiger partial charge is 0.490 e. The van der Waals surface area contributed by atoms with Gasteiger partial charge in [-0.1, -0.05) is 12.1 Å². The molecule has 1 heterocycles. The third-order valence-electron chi connectivity index (χ3n) is 2.80. The Morgan fingerprint density at radius 3 is 3.19 bits per heavy atom. The van der Waals surface area contributed by atoms with Gasteiger partial charge in [-0.3, -0.25) is 0 Å². The van der Waals surface area contributed by atoms with E-state index in [1.165, 1.54) is 11.1 Å². The van der Waals surface area contributed by atoms with Gasteiger partial charge in [0.2, 0.25) is 0 Å². The Hall–Kier alpha value is -1.06. The van der Waals surface area contributed by atoms with Crippen molar-refractivity contribution < 1.29 is 9.84 Å². The van der Waals surface area contributed by atoms with Crippen LogP contribution < -0.4 is 10.1 Å². The van der Waals surface area contributed by atoms with Crippen LogP contribution in [0.3, 0.4) is 0 Å². The molecular formula is C13H19NO2. The van der Waals surface area contributed by atoms with Gasteiger partial charge in [-0.15, -0.1) is 0 Å². The topological polar surface area (TPSA) is 41.5 Å². The molecule has 3 heteroatoms. The van der Waals surface area contributed by atoms with E-state index in [1.54, 1.807) is 0 Å². The molecule has 2 N–H and O–H groups in total. The van der Waals surface area contributed by atoms with Crippen LogP contribution in [0, 0.1) is 0 Å². The maximum Gasteiger partial charge on any atom is 0.123 e. The number of hydrogen-bond acceptors (Lipinski definition) is 3. The second-order valence-electron chi connectivity index (χ2n) is 4.33. The van der Waals surface area contributed by atoms with Crippen molar-refractivity contribution in [3.8, 4) is 5.75 Å². The molecule has 0 fully saturated rings. The number of nitrogens with one attached hydrogen (secondary N) is 1. The van der Waals surface area contributed by atoms with Gasteiger partial charge in [-0.05, 0) is 37.1 Å². The van der Waals surface area contributed by atoms with Crippen molar-refractivity contribution in [1.29, 1.82) is 0 Å². The Kier molecular flexibility index (Phi) is 3.80. The standard InChI is InChI=1S/C13H19NO2/c1-10-7-12-8-11(3-4-13(12)16-10)9-14-5-2-6-15/h3-4,8,10,14-15H,2,5-7,9H2,1H3. The fraction of sp³-hybridized carbons (Fsp3) is 0.538. The molecule has 88 valence electrons. The van der Waals surface area contributed by atoms with E-state index < -0.39 is 0 Å². The van der Waals surface area contributed by atoms with E-state index >= 15 is 0 Å². The molecular weight excluding hydrogens is 202 g/mol. The molecule has 1 aromatic rings. The molecule has 1 unspecified atom stereocenters. The lowest BCUT2D eigenvalue weighted by Crippen LogP contribution is -2.15. The van der Waals surface area contributed by atoms with E-state index in [2.05, 4.69) is 30.4 Å². The van der Waals surface area contributed by atoms with Crippen molar-refractivity contribution in [2.75, 3.05) is 13.2 Å². The highest BCUT2D eigenvalue weighted by molar-refractivity contribution is 5.40. The third-order valence-corrected chi connectivity index (χ3v) is 2.80. The van der Waals surface area contributed by atoms with Gasteiger partial charge in [-0.25, -0.2) is 0 Å². The van der Waals surface area contributed by atoms with E-state index in [9.17, 15) is 0 Å². The molecule has 0 radical (unpaired) electrons. The third kappa shape index (κ3) is 2.74. The Balaban J connectivity index is 1.90. The van der Waals surface area contributed by atoms with Crippen molar-refractivity contribution in [2.45, 2.75) is 32.4 Å². The van der Waals surface area contributed by atoms with Crippen LogP contribution in [0.2, 0.25) is 0 Å².